The Hall–Kier alpha value is -0.830. The number of esters is 1. The van der Waals surface area contributed by atoms with Gasteiger partial charge in [0.15, 0.2) is 0 Å². The van der Waals surface area contributed by atoms with Crippen LogP contribution in [0.4, 0.5) is 0 Å². The minimum atomic E-state index is -0.117. The van der Waals surface area contributed by atoms with Crippen molar-refractivity contribution in [3.63, 3.8) is 0 Å². The first-order valence-electron chi connectivity index (χ1n) is 7.64. The molecule has 0 unspecified atom stereocenters. The van der Waals surface area contributed by atoms with Crippen LogP contribution in [-0.2, 0) is 4.79 Å². The fourth-order valence-electron chi connectivity index (χ4n) is 2.10. The molecule has 0 fully saturated rings. The lowest BCUT2D eigenvalue weighted by Gasteiger charge is -2.04. The summed E-state index contributed by atoms with van der Waals surface area (Å²) in [5.41, 5.74) is 0. The summed E-state index contributed by atoms with van der Waals surface area (Å²) in [5, 5.41) is 1.12. The van der Waals surface area contributed by atoms with E-state index in [9.17, 15) is 4.79 Å². The second-order valence-electron chi connectivity index (χ2n) is 5.05. The highest BCUT2D eigenvalue weighted by Gasteiger charge is 2.03. The summed E-state index contributed by atoms with van der Waals surface area (Å²) in [7, 11) is 0. The summed E-state index contributed by atoms with van der Waals surface area (Å²) < 4.78 is 5.24. The number of benzene rings is 1. The Labute approximate surface area is 131 Å². The molecule has 0 saturated heterocycles. The number of hydrogen-bond donors (Lipinski definition) is 0. The van der Waals surface area contributed by atoms with E-state index in [1.54, 1.807) is 0 Å². The lowest BCUT2D eigenvalue weighted by Crippen LogP contribution is -2.07. The first kappa shape index (κ1) is 17.2. The van der Waals surface area contributed by atoms with Gasteiger partial charge in [-0.15, -0.1) is 0 Å². The quantitative estimate of drug-likeness (QED) is 0.230. The number of para-hydroxylation sites is 1. The van der Waals surface area contributed by atoms with E-state index in [2.05, 4.69) is 15.9 Å². The van der Waals surface area contributed by atoms with Crippen LogP contribution >= 0.6 is 15.9 Å². The standard InChI is InChI=1S/C17H25BrO2/c18-15-11-6-4-2-1-3-5-10-14-17(19)20-16-12-8-7-9-13-16/h7-9,12-13H,1-6,10-11,14-15H2. The van der Waals surface area contributed by atoms with Crippen LogP contribution in [0.5, 0.6) is 5.75 Å². The van der Waals surface area contributed by atoms with Gasteiger partial charge in [0.2, 0.25) is 0 Å². The number of ether oxygens (including phenoxy) is 1. The van der Waals surface area contributed by atoms with E-state index in [1.807, 2.05) is 30.3 Å². The first-order chi connectivity index (χ1) is 9.83. The topological polar surface area (TPSA) is 26.3 Å². The van der Waals surface area contributed by atoms with E-state index in [4.69, 9.17) is 4.74 Å². The summed E-state index contributed by atoms with van der Waals surface area (Å²) in [6.45, 7) is 0. The lowest BCUT2D eigenvalue weighted by atomic mass is 10.1. The van der Waals surface area contributed by atoms with E-state index in [0.29, 0.717) is 12.2 Å². The molecule has 2 nitrogen and oxygen atoms in total. The predicted molar refractivity (Wildman–Crippen MR) is 87.4 cm³/mol. The van der Waals surface area contributed by atoms with Crippen molar-refractivity contribution in [2.24, 2.45) is 0 Å². The molecule has 0 spiro atoms. The molecule has 0 radical (unpaired) electrons. The molecule has 112 valence electrons. The van der Waals surface area contributed by atoms with Crippen molar-refractivity contribution >= 4 is 21.9 Å². The zero-order valence-electron chi connectivity index (χ0n) is 12.2. The molecule has 0 aromatic heterocycles. The van der Waals surface area contributed by atoms with Crippen molar-refractivity contribution < 1.29 is 9.53 Å². The molecule has 0 aliphatic rings. The third-order valence-electron chi connectivity index (χ3n) is 3.24. The number of halogens is 1. The maximum Gasteiger partial charge on any atom is 0.311 e. The Morgan fingerprint density at radius 3 is 2.00 bits per heavy atom. The molecular formula is C17H25BrO2. The van der Waals surface area contributed by atoms with Crippen LogP contribution in [0.2, 0.25) is 0 Å². The molecule has 0 atom stereocenters. The number of rotatable bonds is 11. The summed E-state index contributed by atoms with van der Waals surface area (Å²) in [6.07, 6.45) is 10.4. The Kier molecular flexibility index (Phi) is 10.3. The van der Waals surface area contributed by atoms with Crippen LogP contribution in [-0.4, -0.2) is 11.3 Å². The molecule has 0 saturated carbocycles. The molecule has 0 N–H and O–H groups in total. The predicted octanol–water partition coefficient (Wildman–Crippen LogP) is 5.50. The van der Waals surface area contributed by atoms with Crippen molar-refractivity contribution in [1.29, 1.82) is 0 Å². The van der Waals surface area contributed by atoms with E-state index >= 15 is 0 Å². The summed E-state index contributed by atoms with van der Waals surface area (Å²) in [6, 6.07) is 9.28. The Morgan fingerprint density at radius 1 is 0.850 bits per heavy atom. The Balaban J connectivity index is 1.92. The monoisotopic (exact) mass is 340 g/mol. The number of carbonyl (C=O) groups is 1. The van der Waals surface area contributed by atoms with Gasteiger partial charge in [0.05, 0.1) is 0 Å². The molecule has 20 heavy (non-hydrogen) atoms. The summed E-state index contributed by atoms with van der Waals surface area (Å²) >= 11 is 3.45. The fraction of sp³-hybridized carbons (Fsp3) is 0.588. The second kappa shape index (κ2) is 12.0. The van der Waals surface area contributed by atoms with Gasteiger partial charge < -0.3 is 4.74 Å². The van der Waals surface area contributed by atoms with E-state index in [1.165, 1.54) is 38.5 Å². The third kappa shape index (κ3) is 9.13. The smallest absolute Gasteiger partial charge is 0.311 e. The van der Waals surface area contributed by atoms with E-state index in [0.717, 1.165) is 18.2 Å². The molecule has 0 aliphatic heterocycles. The zero-order valence-corrected chi connectivity index (χ0v) is 13.7. The van der Waals surface area contributed by atoms with Crippen LogP contribution in [0, 0.1) is 0 Å². The van der Waals surface area contributed by atoms with Crippen LogP contribution in [0.1, 0.15) is 57.8 Å². The van der Waals surface area contributed by atoms with Gasteiger partial charge in [0.25, 0.3) is 0 Å². The number of alkyl halides is 1. The Morgan fingerprint density at radius 2 is 1.40 bits per heavy atom. The molecule has 0 amide bonds. The van der Waals surface area contributed by atoms with E-state index in [-0.39, 0.29) is 5.97 Å². The van der Waals surface area contributed by atoms with Crippen molar-refractivity contribution in [2.45, 2.75) is 57.8 Å². The highest BCUT2D eigenvalue weighted by molar-refractivity contribution is 9.09. The highest BCUT2D eigenvalue weighted by atomic mass is 79.9. The zero-order chi connectivity index (χ0) is 14.5. The van der Waals surface area contributed by atoms with Gasteiger partial charge in [-0.3, -0.25) is 4.79 Å². The molecular weight excluding hydrogens is 316 g/mol. The number of hydrogen-bond acceptors (Lipinski definition) is 2. The van der Waals surface area contributed by atoms with Gasteiger partial charge in [0, 0.05) is 11.8 Å². The van der Waals surface area contributed by atoms with Crippen LogP contribution in [0.25, 0.3) is 0 Å². The van der Waals surface area contributed by atoms with Gasteiger partial charge >= 0.3 is 5.97 Å². The van der Waals surface area contributed by atoms with E-state index < -0.39 is 0 Å². The fourth-order valence-corrected chi connectivity index (χ4v) is 2.49. The van der Waals surface area contributed by atoms with Gasteiger partial charge in [-0.2, -0.15) is 0 Å². The Bertz CT molecular complexity index is 351. The van der Waals surface area contributed by atoms with Crippen molar-refractivity contribution in [1.82, 2.24) is 0 Å². The van der Waals surface area contributed by atoms with Crippen molar-refractivity contribution in [3.8, 4) is 5.75 Å². The molecule has 0 bridgehead atoms. The largest absolute Gasteiger partial charge is 0.427 e. The molecule has 1 rings (SSSR count). The summed E-state index contributed by atoms with van der Waals surface area (Å²) in [4.78, 5) is 11.6. The van der Waals surface area contributed by atoms with Gasteiger partial charge in [0.1, 0.15) is 5.75 Å². The lowest BCUT2D eigenvalue weighted by molar-refractivity contribution is -0.134. The molecule has 1 aromatic carbocycles. The van der Waals surface area contributed by atoms with Crippen molar-refractivity contribution in [2.75, 3.05) is 5.33 Å². The minimum absolute atomic E-state index is 0.117. The molecule has 3 heteroatoms. The van der Waals surface area contributed by atoms with Gasteiger partial charge in [-0.25, -0.2) is 0 Å². The third-order valence-corrected chi connectivity index (χ3v) is 3.80. The second-order valence-corrected chi connectivity index (χ2v) is 5.85. The van der Waals surface area contributed by atoms with Crippen LogP contribution in [0.3, 0.4) is 0 Å². The molecule has 1 aromatic rings. The maximum absolute atomic E-state index is 11.6. The first-order valence-corrected chi connectivity index (χ1v) is 8.77. The average Bonchev–Trinajstić information content (AvgIpc) is 2.46. The van der Waals surface area contributed by atoms with Gasteiger partial charge in [-0.05, 0) is 25.0 Å². The summed E-state index contributed by atoms with van der Waals surface area (Å²) in [5.74, 6) is 0.526. The maximum atomic E-state index is 11.6. The highest BCUT2D eigenvalue weighted by Crippen LogP contribution is 2.12. The van der Waals surface area contributed by atoms with Crippen molar-refractivity contribution in [3.05, 3.63) is 30.3 Å². The average molecular weight is 341 g/mol. The van der Waals surface area contributed by atoms with Gasteiger partial charge in [-0.1, -0.05) is 72.7 Å². The molecule has 0 heterocycles. The van der Waals surface area contributed by atoms with Crippen LogP contribution in [0.15, 0.2) is 30.3 Å². The molecule has 0 aliphatic carbocycles. The SMILES string of the molecule is O=C(CCCCCCCCCCBr)Oc1ccccc1. The normalized spacial score (nSPS) is 10.4. The number of unbranched alkanes of at least 4 members (excludes halogenated alkanes) is 7. The minimum Gasteiger partial charge on any atom is -0.427 e. The number of carbonyl (C=O) groups excluding carboxylic acids is 1. The van der Waals surface area contributed by atoms with Crippen LogP contribution < -0.4 is 4.74 Å².